The predicted octanol–water partition coefficient (Wildman–Crippen LogP) is 2.74. The van der Waals surface area contributed by atoms with Crippen molar-refractivity contribution in [2.24, 2.45) is 0 Å². The summed E-state index contributed by atoms with van der Waals surface area (Å²) in [5, 5.41) is 2.94. The summed E-state index contributed by atoms with van der Waals surface area (Å²) in [6.45, 7) is 6.95. The zero-order valence-electron chi connectivity index (χ0n) is 11.6. The number of hydrogen-bond acceptors (Lipinski definition) is 3. The number of rotatable bonds is 5. The third kappa shape index (κ3) is 3.50. The van der Waals surface area contributed by atoms with Crippen molar-refractivity contribution in [1.29, 1.82) is 0 Å². The molecule has 0 aliphatic carbocycles. The molecule has 0 aliphatic rings. The fourth-order valence-corrected chi connectivity index (χ4v) is 1.98. The lowest BCUT2D eigenvalue weighted by Gasteiger charge is -2.31. The Morgan fingerprint density at radius 3 is 2.58 bits per heavy atom. The van der Waals surface area contributed by atoms with Gasteiger partial charge < -0.3 is 4.74 Å². The third-order valence-corrected chi connectivity index (χ3v) is 2.73. The molecule has 0 amide bonds. The second-order valence-electron chi connectivity index (χ2n) is 4.77. The van der Waals surface area contributed by atoms with Crippen LogP contribution < -0.4 is 5.32 Å². The molecule has 0 aromatic heterocycles. The number of hydrogen-bond donors (Lipinski definition) is 1. The molecule has 0 bridgehead atoms. The Morgan fingerprint density at radius 2 is 2.05 bits per heavy atom. The molecule has 3 nitrogen and oxygen atoms in total. The molecule has 0 radical (unpaired) electrons. The summed E-state index contributed by atoms with van der Waals surface area (Å²) in [6, 6.07) is 2.93. The molecule has 0 fully saturated rings. The van der Waals surface area contributed by atoms with Gasteiger partial charge in [0.2, 0.25) is 0 Å². The van der Waals surface area contributed by atoms with Gasteiger partial charge in [-0.2, -0.15) is 0 Å². The van der Waals surface area contributed by atoms with Crippen LogP contribution in [0.3, 0.4) is 0 Å². The van der Waals surface area contributed by atoms with E-state index in [1.54, 1.807) is 6.92 Å². The van der Waals surface area contributed by atoms with E-state index in [2.05, 4.69) is 5.32 Å². The smallest absolute Gasteiger partial charge is 0.330 e. The van der Waals surface area contributed by atoms with E-state index in [-0.39, 0.29) is 18.2 Å². The van der Waals surface area contributed by atoms with E-state index in [4.69, 9.17) is 4.74 Å². The number of ether oxygens (including phenoxy) is 1. The van der Waals surface area contributed by atoms with Crippen molar-refractivity contribution in [1.82, 2.24) is 5.32 Å². The van der Waals surface area contributed by atoms with E-state index in [9.17, 15) is 13.6 Å². The number of benzene rings is 1. The molecular weight excluding hydrogens is 252 g/mol. The van der Waals surface area contributed by atoms with E-state index < -0.39 is 23.1 Å². The Balaban J connectivity index is 3.29. The summed E-state index contributed by atoms with van der Waals surface area (Å²) in [5.74, 6) is -1.88. The van der Waals surface area contributed by atoms with Crippen LogP contribution in [-0.4, -0.2) is 18.6 Å². The van der Waals surface area contributed by atoms with Crippen LogP contribution in [0.2, 0.25) is 0 Å². The van der Waals surface area contributed by atoms with Gasteiger partial charge in [-0.3, -0.25) is 5.32 Å². The molecule has 0 saturated carbocycles. The van der Waals surface area contributed by atoms with Crippen LogP contribution in [0.5, 0.6) is 0 Å². The van der Waals surface area contributed by atoms with Crippen LogP contribution in [0.4, 0.5) is 8.78 Å². The van der Waals surface area contributed by atoms with Crippen molar-refractivity contribution in [3.8, 4) is 0 Å². The maximum absolute atomic E-state index is 13.9. The topological polar surface area (TPSA) is 38.3 Å². The summed E-state index contributed by atoms with van der Waals surface area (Å²) in [5.41, 5.74) is -1.48. The van der Waals surface area contributed by atoms with Crippen LogP contribution >= 0.6 is 0 Å². The molecule has 0 aliphatic heterocycles. The quantitative estimate of drug-likeness (QED) is 0.837. The summed E-state index contributed by atoms with van der Waals surface area (Å²) in [6.07, 6.45) is 0. The number of carbonyl (C=O) groups excluding carboxylic acids is 1. The first-order valence-corrected chi connectivity index (χ1v) is 6.21. The lowest BCUT2D eigenvalue weighted by Crippen LogP contribution is -2.51. The average molecular weight is 271 g/mol. The van der Waals surface area contributed by atoms with Crippen LogP contribution in [0.25, 0.3) is 0 Å². The standard InChI is InChI=1S/C14H19F2NO2/c1-5-19-13(18)14(4,17-9(2)3)11-8-10(15)6-7-12(11)16/h6-9,17H,5H2,1-4H3. The molecule has 1 N–H and O–H groups in total. The lowest BCUT2D eigenvalue weighted by molar-refractivity contribution is -0.151. The van der Waals surface area contributed by atoms with Gasteiger partial charge in [-0.25, -0.2) is 13.6 Å². The highest BCUT2D eigenvalue weighted by Crippen LogP contribution is 2.26. The molecule has 106 valence electrons. The Bertz CT molecular complexity index is 463. The molecule has 1 unspecified atom stereocenters. The number of nitrogens with one attached hydrogen (secondary N) is 1. The average Bonchev–Trinajstić information content (AvgIpc) is 2.31. The fraction of sp³-hybridized carbons (Fsp3) is 0.500. The van der Waals surface area contributed by atoms with Crippen molar-refractivity contribution < 1.29 is 18.3 Å². The van der Waals surface area contributed by atoms with Gasteiger partial charge in [0.25, 0.3) is 0 Å². The van der Waals surface area contributed by atoms with Crippen molar-refractivity contribution >= 4 is 5.97 Å². The fourth-order valence-electron chi connectivity index (χ4n) is 1.98. The normalized spacial score (nSPS) is 14.3. The molecule has 5 heteroatoms. The first-order chi connectivity index (χ1) is 8.81. The summed E-state index contributed by atoms with van der Waals surface area (Å²) >= 11 is 0. The van der Waals surface area contributed by atoms with Crippen LogP contribution in [0.1, 0.15) is 33.3 Å². The van der Waals surface area contributed by atoms with Gasteiger partial charge in [0.05, 0.1) is 6.61 Å². The molecule has 0 saturated heterocycles. The number of esters is 1. The van der Waals surface area contributed by atoms with Gasteiger partial charge in [-0.05, 0) is 45.9 Å². The Labute approximate surface area is 112 Å². The first-order valence-electron chi connectivity index (χ1n) is 6.21. The van der Waals surface area contributed by atoms with Crippen molar-refractivity contribution in [3.05, 3.63) is 35.4 Å². The van der Waals surface area contributed by atoms with Crippen molar-refractivity contribution in [2.45, 2.75) is 39.3 Å². The minimum atomic E-state index is -1.42. The molecule has 1 atom stereocenters. The Morgan fingerprint density at radius 1 is 1.42 bits per heavy atom. The van der Waals surface area contributed by atoms with E-state index >= 15 is 0 Å². The highest BCUT2D eigenvalue weighted by Gasteiger charge is 2.39. The van der Waals surface area contributed by atoms with Gasteiger partial charge in [0.15, 0.2) is 0 Å². The zero-order valence-corrected chi connectivity index (χ0v) is 11.6. The van der Waals surface area contributed by atoms with Gasteiger partial charge in [-0.15, -0.1) is 0 Å². The maximum Gasteiger partial charge on any atom is 0.330 e. The van der Waals surface area contributed by atoms with E-state index in [1.807, 2.05) is 13.8 Å². The van der Waals surface area contributed by atoms with Crippen molar-refractivity contribution in [3.63, 3.8) is 0 Å². The highest BCUT2D eigenvalue weighted by molar-refractivity contribution is 5.82. The molecule has 0 spiro atoms. The predicted molar refractivity (Wildman–Crippen MR) is 68.6 cm³/mol. The number of carbonyl (C=O) groups is 1. The summed E-state index contributed by atoms with van der Waals surface area (Å²) in [4.78, 5) is 12.1. The molecule has 1 rings (SSSR count). The molecule has 0 heterocycles. The van der Waals surface area contributed by atoms with Gasteiger partial charge in [-0.1, -0.05) is 0 Å². The molecule has 1 aromatic carbocycles. The minimum absolute atomic E-state index is 0.0559. The summed E-state index contributed by atoms with van der Waals surface area (Å²) < 4.78 is 32.2. The second kappa shape index (κ2) is 6.10. The maximum atomic E-state index is 13.9. The zero-order chi connectivity index (χ0) is 14.6. The van der Waals surface area contributed by atoms with E-state index in [1.165, 1.54) is 6.92 Å². The van der Waals surface area contributed by atoms with E-state index in [0.717, 1.165) is 18.2 Å². The highest BCUT2D eigenvalue weighted by atomic mass is 19.1. The first kappa shape index (κ1) is 15.6. The van der Waals surface area contributed by atoms with Crippen LogP contribution in [0.15, 0.2) is 18.2 Å². The van der Waals surface area contributed by atoms with Crippen LogP contribution in [0, 0.1) is 11.6 Å². The van der Waals surface area contributed by atoms with E-state index in [0.29, 0.717) is 0 Å². The lowest BCUT2D eigenvalue weighted by atomic mass is 9.90. The van der Waals surface area contributed by atoms with Crippen LogP contribution in [-0.2, 0) is 15.1 Å². The largest absolute Gasteiger partial charge is 0.464 e. The monoisotopic (exact) mass is 271 g/mol. The molecular formula is C14H19F2NO2. The third-order valence-electron chi connectivity index (χ3n) is 2.73. The Hall–Kier alpha value is -1.49. The van der Waals surface area contributed by atoms with Gasteiger partial charge in [0.1, 0.15) is 17.2 Å². The SMILES string of the molecule is CCOC(=O)C(C)(NC(C)C)c1cc(F)ccc1F. The van der Waals surface area contributed by atoms with Gasteiger partial charge in [0, 0.05) is 11.6 Å². The molecule has 19 heavy (non-hydrogen) atoms. The molecule has 1 aromatic rings. The van der Waals surface area contributed by atoms with Crippen molar-refractivity contribution in [2.75, 3.05) is 6.61 Å². The second-order valence-corrected chi connectivity index (χ2v) is 4.77. The minimum Gasteiger partial charge on any atom is -0.464 e. The Kier molecular flexibility index (Phi) is 5.00. The number of halogens is 2. The van der Waals surface area contributed by atoms with Gasteiger partial charge >= 0.3 is 5.97 Å². The summed E-state index contributed by atoms with van der Waals surface area (Å²) in [7, 11) is 0.